The molecule has 0 atom stereocenters. The predicted octanol–water partition coefficient (Wildman–Crippen LogP) is 5.38. The van der Waals surface area contributed by atoms with Crippen molar-refractivity contribution in [2.75, 3.05) is 34.2 Å². The highest BCUT2D eigenvalue weighted by molar-refractivity contribution is 14.1. The second kappa shape index (κ2) is 8.64. The van der Waals surface area contributed by atoms with E-state index in [1.807, 2.05) is 63.7 Å². The van der Waals surface area contributed by atoms with E-state index >= 15 is 0 Å². The fourth-order valence-corrected chi connectivity index (χ4v) is 4.33. The molecule has 30 heavy (non-hydrogen) atoms. The minimum Gasteiger partial charge on any atom is -0.360 e. The van der Waals surface area contributed by atoms with Crippen LogP contribution in [0.15, 0.2) is 53.1 Å². The van der Waals surface area contributed by atoms with Crippen molar-refractivity contribution >= 4 is 66.2 Å². The summed E-state index contributed by atoms with van der Waals surface area (Å²) < 4.78 is 2.08. The minimum absolute atomic E-state index is 0.00789. The van der Waals surface area contributed by atoms with Gasteiger partial charge in [0.05, 0.1) is 16.8 Å². The summed E-state index contributed by atoms with van der Waals surface area (Å²) in [4.78, 5) is 25.5. The summed E-state index contributed by atoms with van der Waals surface area (Å²) in [6, 6.07) is 14.1. The van der Waals surface area contributed by atoms with Gasteiger partial charge in [-0.05, 0) is 79.2 Å². The van der Waals surface area contributed by atoms with Crippen LogP contribution in [-0.2, 0) is 0 Å². The topological polar surface area (TPSA) is 52.2 Å². The highest BCUT2D eigenvalue weighted by Gasteiger charge is 2.19. The van der Waals surface area contributed by atoms with Crippen molar-refractivity contribution in [1.82, 2.24) is 19.8 Å². The summed E-state index contributed by atoms with van der Waals surface area (Å²) in [5.74, 6) is 0.00789. The molecule has 1 N–H and O–H groups in total. The molecule has 0 radical (unpaired) electrons. The number of benzene rings is 2. The van der Waals surface area contributed by atoms with E-state index in [4.69, 9.17) is 4.98 Å². The van der Waals surface area contributed by atoms with E-state index in [9.17, 15) is 4.79 Å². The number of H-pyrrole nitrogens is 1. The number of pyridine rings is 1. The summed E-state index contributed by atoms with van der Waals surface area (Å²) in [6.45, 7) is 1.47. The highest BCUT2D eigenvalue weighted by Crippen LogP contribution is 2.32. The molecule has 0 spiro atoms. The molecule has 0 aliphatic heterocycles. The molecule has 0 bridgehead atoms. The molecule has 4 aromatic rings. The number of amides is 1. The Bertz CT molecular complexity index is 1250. The molecular formula is C23H22BrIN4O. The maximum atomic E-state index is 13.4. The lowest BCUT2D eigenvalue weighted by molar-refractivity contribution is 0.0788. The Morgan fingerprint density at radius 1 is 1.07 bits per heavy atom. The molecule has 4 rings (SSSR count). The van der Waals surface area contributed by atoms with Crippen LogP contribution in [0.25, 0.3) is 33.1 Å². The van der Waals surface area contributed by atoms with E-state index in [0.717, 1.165) is 47.7 Å². The van der Waals surface area contributed by atoms with Crippen molar-refractivity contribution in [2.24, 2.45) is 0 Å². The normalized spacial score (nSPS) is 11.5. The van der Waals surface area contributed by atoms with E-state index in [1.165, 1.54) is 0 Å². The molecule has 0 unspecified atom stereocenters. The van der Waals surface area contributed by atoms with Crippen molar-refractivity contribution in [3.8, 4) is 11.3 Å². The van der Waals surface area contributed by atoms with Crippen LogP contribution in [0.4, 0.5) is 0 Å². The standard InChI is InChI=1S/C23H22BrIN4O/c1-28(2)8-9-29(3)23(30)18-12-22(27-21-7-5-15(25)11-17(18)21)19-13-26-20-6-4-14(24)10-16(19)20/h4-7,10-13,26H,8-9H2,1-3H3. The predicted molar refractivity (Wildman–Crippen MR) is 135 cm³/mol. The maximum Gasteiger partial charge on any atom is 0.254 e. The molecule has 0 saturated heterocycles. The first-order valence-corrected chi connectivity index (χ1v) is 11.5. The van der Waals surface area contributed by atoms with Gasteiger partial charge in [0.1, 0.15) is 0 Å². The fraction of sp³-hybridized carbons (Fsp3) is 0.217. The van der Waals surface area contributed by atoms with E-state index in [0.29, 0.717) is 12.1 Å². The molecule has 2 aromatic carbocycles. The second-order valence-electron chi connectivity index (χ2n) is 7.64. The largest absolute Gasteiger partial charge is 0.360 e. The van der Waals surface area contributed by atoms with Crippen molar-refractivity contribution < 1.29 is 4.79 Å². The van der Waals surface area contributed by atoms with Gasteiger partial charge in [-0.2, -0.15) is 0 Å². The van der Waals surface area contributed by atoms with E-state index in [-0.39, 0.29) is 5.91 Å². The van der Waals surface area contributed by atoms with Crippen molar-refractivity contribution in [3.63, 3.8) is 0 Å². The average Bonchev–Trinajstić information content (AvgIpc) is 3.13. The van der Waals surface area contributed by atoms with Gasteiger partial charge in [-0.1, -0.05) is 15.9 Å². The first kappa shape index (κ1) is 21.3. The van der Waals surface area contributed by atoms with Crippen LogP contribution in [0.5, 0.6) is 0 Å². The van der Waals surface area contributed by atoms with Crippen molar-refractivity contribution in [3.05, 3.63) is 62.3 Å². The Morgan fingerprint density at radius 2 is 1.87 bits per heavy atom. The molecule has 0 saturated carbocycles. The van der Waals surface area contributed by atoms with Crippen LogP contribution in [0, 0.1) is 3.57 Å². The number of nitrogens with one attached hydrogen (secondary N) is 1. The number of fused-ring (bicyclic) bond motifs is 2. The Kier molecular flexibility index (Phi) is 6.13. The number of hydrogen-bond donors (Lipinski definition) is 1. The molecule has 5 nitrogen and oxygen atoms in total. The van der Waals surface area contributed by atoms with Crippen LogP contribution >= 0.6 is 38.5 Å². The highest BCUT2D eigenvalue weighted by atomic mass is 127. The number of aromatic amines is 1. The Morgan fingerprint density at radius 3 is 2.63 bits per heavy atom. The third-order valence-electron chi connectivity index (χ3n) is 5.15. The van der Waals surface area contributed by atoms with Gasteiger partial charge in [-0.3, -0.25) is 4.79 Å². The summed E-state index contributed by atoms with van der Waals surface area (Å²) >= 11 is 5.83. The molecule has 0 aliphatic carbocycles. The SMILES string of the molecule is CN(C)CCN(C)C(=O)c1cc(-c2c[nH]c3ccc(Br)cc23)nc2ccc(I)cc12. The molecule has 0 aliphatic rings. The molecule has 2 aromatic heterocycles. The van der Waals surface area contributed by atoms with Crippen LogP contribution in [0.2, 0.25) is 0 Å². The molecule has 154 valence electrons. The molecule has 2 heterocycles. The summed E-state index contributed by atoms with van der Waals surface area (Å²) in [7, 11) is 5.88. The number of rotatable bonds is 5. The molecule has 1 amide bonds. The minimum atomic E-state index is 0.00789. The average molecular weight is 577 g/mol. The van der Waals surface area contributed by atoms with E-state index in [2.05, 4.69) is 54.5 Å². The van der Waals surface area contributed by atoms with Gasteiger partial charge in [-0.25, -0.2) is 4.98 Å². The lowest BCUT2D eigenvalue weighted by atomic mass is 10.0. The molecule has 7 heteroatoms. The third kappa shape index (κ3) is 4.24. The van der Waals surface area contributed by atoms with Crippen molar-refractivity contribution in [1.29, 1.82) is 0 Å². The third-order valence-corrected chi connectivity index (χ3v) is 6.31. The zero-order valence-corrected chi connectivity index (χ0v) is 20.8. The lowest BCUT2D eigenvalue weighted by Gasteiger charge is -2.21. The molecule has 0 fully saturated rings. The Balaban J connectivity index is 1.87. The van der Waals surface area contributed by atoms with E-state index < -0.39 is 0 Å². The summed E-state index contributed by atoms with van der Waals surface area (Å²) in [5.41, 5.74) is 4.31. The molecular weight excluding hydrogens is 555 g/mol. The van der Waals surface area contributed by atoms with Gasteiger partial charge < -0.3 is 14.8 Å². The first-order chi connectivity index (χ1) is 14.3. The Hall–Kier alpha value is -1.97. The smallest absolute Gasteiger partial charge is 0.254 e. The number of aromatic nitrogens is 2. The first-order valence-electron chi connectivity index (χ1n) is 9.61. The quantitative estimate of drug-likeness (QED) is 0.324. The number of likely N-dealkylation sites (N-methyl/N-ethyl adjacent to an activating group) is 2. The van der Waals surface area contributed by atoms with Gasteiger partial charge in [0, 0.05) is 56.2 Å². The van der Waals surface area contributed by atoms with Crippen LogP contribution in [0.3, 0.4) is 0 Å². The zero-order valence-electron chi connectivity index (χ0n) is 17.0. The summed E-state index contributed by atoms with van der Waals surface area (Å²) in [5, 5.41) is 1.95. The zero-order chi connectivity index (χ0) is 21.4. The van der Waals surface area contributed by atoms with Gasteiger partial charge in [-0.15, -0.1) is 0 Å². The van der Waals surface area contributed by atoms with Gasteiger partial charge in [0.15, 0.2) is 0 Å². The fourth-order valence-electron chi connectivity index (χ4n) is 3.47. The number of hydrogen-bond acceptors (Lipinski definition) is 3. The van der Waals surface area contributed by atoms with E-state index in [1.54, 1.807) is 4.90 Å². The monoisotopic (exact) mass is 576 g/mol. The summed E-state index contributed by atoms with van der Waals surface area (Å²) in [6.07, 6.45) is 1.96. The van der Waals surface area contributed by atoms with Crippen LogP contribution in [-0.4, -0.2) is 59.9 Å². The van der Waals surface area contributed by atoms with Gasteiger partial charge in [0.25, 0.3) is 5.91 Å². The van der Waals surface area contributed by atoms with Crippen molar-refractivity contribution in [2.45, 2.75) is 0 Å². The maximum absolute atomic E-state index is 13.4. The van der Waals surface area contributed by atoms with Crippen LogP contribution < -0.4 is 0 Å². The number of carbonyl (C=O) groups is 1. The van der Waals surface area contributed by atoms with Gasteiger partial charge >= 0.3 is 0 Å². The van der Waals surface area contributed by atoms with Crippen LogP contribution in [0.1, 0.15) is 10.4 Å². The Labute approximate surface area is 197 Å². The van der Waals surface area contributed by atoms with Gasteiger partial charge in [0.2, 0.25) is 0 Å². The number of carbonyl (C=O) groups excluding carboxylic acids is 1. The second-order valence-corrected chi connectivity index (χ2v) is 9.80. The number of halogens is 2. The number of nitrogens with zero attached hydrogens (tertiary/aromatic N) is 3. The lowest BCUT2D eigenvalue weighted by Crippen LogP contribution is -2.33.